The number of nitrogens with two attached hydrogens (primary N) is 4. The highest BCUT2D eigenvalue weighted by Crippen LogP contribution is 2.48. The summed E-state index contributed by atoms with van der Waals surface area (Å²) in [6.07, 6.45) is 4.16. The van der Waals surface area contributed by atoms with Crippen LogP contribution in [0, 0.1) is 5.92 Å². The van der Waals surface area contributed by atoms with Gasteiger partial charge in [-0.15, -0.1) is 0 Å². The summed E-state index contributed by atoms with van der Waals surface area (Å²) in [5, 5.41) is 16.6. The topological polar surface area (TPSA) is 355 Å². The molecule has 1 aliphatic carbocycles. The molecule has 410 valence electrons. The number of primary amides is 2. The van der Waals surface area contributed by atoms with Crippen molar-refractivity contribution in [3.63, 3.8) is 0 Å². The van der Waals surface area contributed by atoms with Gasteiger partial charge in [0.2, 0.25) is 53.2 Å². The van der Waals surface area contributed by atoms with E-state index in [2.05, 4.69) is 36.9 Å². The molecule has 0 unspecified atom stereocenters. The van der Waals surface area contributed by atoms with Crippen LogP contribution >= 0.6 is 21.6 Å². The summed E-state index contributed by atoms with van der Waals surface area (Å²) in [5.74, 6) is -6.86. The van der Waals surface area contributed by atoms with Gasteiger partial charge in [0, 0.05) is 42.9 Å². The van der Waals surface area contributed by atoms with E-state index >= 15 is 0 Å². The molecule has 75 heavy (non-hydrogen) atoms. The lowest BCUT2D eigenvalue weighted by molar-refractivity contribution is -0.142. The van der Waals surface area contributed by atoms with Gasteiger partial charge in [-0.25, -0.2) is 0 Å². The number of carbonyl (C=O) groups excluding carboxylic acids is 9. The predicted octanol–water partition coefficient (Wildman–Crippen LogP) is 0.329. The van der Waals surface area contributed by atoms with Crippen molar-refractivity contribution in [1.29, 1.82) is 0 Å². The Morgan fingerprint density at radius 2 is 1.41 bits per heavy atom. The number of likely N-dealkylation sites (tertiary alicyclic amines) is 1. The van der Waals surface area contributed by atoms with Crippen LogP contribution < -0.4 is 59.6 Å². The summed E-state index contributed by atoms with van der Waals surface area (Å²) in [6, 6.07) is 7.17. The van der Waals surface area contributed by atoms with Crippen molar-refractivity contribution in [3.05, 3.63) is 65.7 Å². The fraction of sp³-hybridized carbons (Fsp3) is 0.569. The third-order valence-corrected chi connectivity index (χ3v) is 16.6. The first-order chi connectivity index (χ1) is 35.8. The Balaban J connectivity index is 1.52. The van der Waals surface area contributed by atoms with Crippen molar-refractivity contribution >= 4 is 80.7 Å². The number of amides is 9. The lowest BCUT2D eigenvalue weighted by Crippen LogP contribution is -2.61. The third-order valence-electron chi connectivity index (χ3n) is 13.3. The highest BCUT2D eigenvalue weighted by molar-refractivity contribution is 8.77. The monoisotopic (exact) mass is 1080 g/mol. The van der Waals surface area contributed by atoms with E-state index in [-0.39, 0.29) is 56.9 Å². The molecule has 7 atom stereocenters. The average Bonchev–Trinajstić information content (AvgIpc) is 3.86. The zero-order valence-corrected chi connectivity index (χ0v) is 44.6. The maximum absolute atomic E-state index is 14.8. The zero-order valence-electron chi connectivity index (χ0n) is 42.9. The number of nitrogens with one attached hydrogen (secondary N) is 6. The number of hydrogen-bond acceptors (Lipinski definition) is 13. The highest BCUT2D eigenvalue weighted by atomic mass is 33.1. The molecule has 2 aromatic carbocycles. The first-order valence-electron chi connectivity index (χ1n) is 25.6. The van der Waals surface area contributed by atoms with E-state index in [1.165, 1.54) is 26.5 Å². The van der Waals surface area contributed by atoms with Crippen molar-refractivity contribution in [2.24, 2.45) is 33.8 Å². The van der Waals surface area contributed by atoms with Crippen LogP contribution in [0.25, 0.3) is 0 Å². The Bertz CT molecular complexity index is 2350. The minimum absolute atomic E-state index is 0.000376. The molecule has 5 rings (SSSR count). The van der Waals surface area contributed by atoms with Crippen LogP contribution in [0.1, 0.15) is 103 Å². The van der Waals surface area contributed by atoms with Crippen molar-refractivity contribution in [3.8, 4) is 5.75 Å². The van der Waals surface area contributed by atoms with Gasteiger partial charge in [0.25, 0.3) is 0 Å². The van der Waals surface area contributed by atoms with Crippen LogP contribution in [0.3, 0.4) is 0 Å². The van der Waals surface area contributed by atoms with E-state index in [1.807, 2.05) is 6.92 Å². The van der Waals surface area contributed by atoms with Gasteiger partial charge >= 0.3 is 0 Å². The van der Waals surface area contributed by atoms with E-state index in [9.17, 15) is 43.2 Å². The lowest BCUT2D eigenvalue weighted by Gasteiger charge is -2.37. The first kappa shape index (κ1) is 59.3. The summed E-state index contributed by atoms with van der Waals surface area (Å²) >= 11 is 0. The Morgan fingerprint density at radius 3 is 2.04 bits per heavy atom. The Morgan fingerprint density at radius 1 is 0.787 bits per heavy atom. The lowest BCUT2D eigenvalue weighted by atomic mass is 9.85. The maximum atomic E-state index is 14.8. The molecule has 3 fully saturated rings. The second-order valence-corrected chi connectivity index (χ2v) is 22.4. The van der Waals surface area contributed by atoms with Crippen LogP contribution in [0.5, 0.6) is 5.75 Å². The van der Waals surface area contributed by atoms with Gasteiger partial charge in [-0.2, -0.15) is 0 Å². The van der Waals surface area contributed by atoms with E-state index in [4.69, 9.17) is 27.7 Å². The molecular weight excluding hydrogens is 1000 g/mol. The molecule has 0 radical (unpaired) electrons. The van der Waals surface area contributed by atoms with Crippen LogP contribution in [-0.4, -0.2) is 137 Å². The number of hydrogen-bond donors (Lipinski definition) is 10. The molecule has 1 saturated carbocycles. The van der Waals surface area contributed by atoms with Crippen LogP contribution in [0.4, 0.5) is 0 Å². The number of rotatable bonds is 17. The Labute approximate surface area is 445 Å². The van der Waals surface area contributed by atoms with E-state index in [1.54, 1.807) is 68.4 Å². The van der Waals surface area contributed by atoms with Gasteiger partial charge in [-0.05, 0) is 74.6 Å². The standard InChI is InChI=1S/C51H74N12O10S2/c1-4-73-33-19-17-32(18-20-33)26-35-44(67)59-36(25-31-13-7-5-8-14-31)46(69)62-42(30(2)3)48(71)60-37(27-40(52)64)45(68)61-38(29-74-75-51(28-41(65)57-35)21-9-6-10-22-51)49(72)63-24-12-16-39(63)47(70)58-34(43(53)66)15-11-23-56-50(54)55/h5,7-8,13-14,17-20,30,34-39,42H,4,6,9-12,15-16,21-29H2,1-3H3,(H2,52,64)(H2,53,66)(H,57,65)(H,58,70)(H,59,67)(H,60,71)(H,61,68)(H,62,69)(H4,54,55,56)/t34-,35+,36-,37-,38-,39+,42+/m1/s1. The molecule has 22 nitrogen and oxygen atoms in total. The molecule has 2 aromatic rings. The smallest absolute Gasteiger partial charge is 0.246 e. The van der Waals surface area contributed by atoms with E-state index < -0.39 is 113 Å². The van der Waals surface area contributed by atoms with Crippen molar-refractivity contribution in [2.75, 3.05) is 25.4 Å². The molecule has 2 heterocycles. The largest absolute Gasteiger partial charge is 0.494 e. The van der Waals surface area contributed by atoms with Gasteiger partial charge in [0.15, 0.2) is 5.96 Å². The molecule has 2 aliphatic heterocycles. The van der Waals surface area contributed by atoms with Gasteiger partial charge in [0.1, 0.15) is 48.0 Å². The maximum Gasteiger partial charge on any atom is 0.246 e. The second kappa shape index (κ2) is 28.9. The van der Waals surface area contributed by atoms with E-state index in [0.717, 1.165) is 19.3 Å². The van der Waals surface area contributed by atoms with Crippen LogP contribution in [0.2, 0.25) is 0 Å². The van der Waals surface area contributed by atoms with Crippen molar-refractivity contribution in [2.45, 2.75) is 151 Å². The fourth-order valence-electron chi connectivity index (χ4n) is 9.38. The molecule has 0 bridgehead atoms. The second-order valence-electron chi connectivity index (χ2n) is 19.6. The summed E-state index contributed by atoms with van der Waals surface area (Å²) in [6.45, 7) is 5.92. The fourth-order valence-corrected chi connectivity index (χ4v) is 12.7. The molecule has 14 N–H and O–H groups in total. The van der Waals surface area contributed by atoms with Gasteiger partial charge < -0.3 is 64.5 Å². The third kappa shape index (κ3) is 18.4. The minimum atomic E-state index is -1.63. The number of benzene rings is 2. The van der Waals surface area contributed by atoms with Crippen LogP contribution in [0.15, 0.2) is 59.6 Å². The summed E-state index contributed by atoms with van der Waals surface area (Å²) < 4.78 is 4.95. The molecule has 2 saturated heterocycles. The first-order valence-corrected chi connectivity index (χ1v) is 27.9. The number of carbonyl (C=O) groups is 9. The van der Waals surface area contributed by atoms with Crippen molar-refractivity contribution < 1.29 is 47.9 Å². The molecule has 3 aliphatic rings. The minimum Gasteiger partial charge on any atom is -0.494 e. The van der Waals surface area contributed by atoms with Crippen molar-refractivity contribution in [1.82, 2.24) is 36.8 Å². The quantitative estimate of drug-likeness (QED) is 0.0442. The number of guanidine groups is 1. The van der Waals surface area contributed by atoms with Gasteiger partial charge in [-0.3, -0.25) is 48.1 Å². The van der Waals surface area contributed by atoms with Gasteiger partial charge in [0.05, 0.1) is 13.0 Å². The Hall–Kier alpha value is -6.56. The SMILES string of the molecule is CCOc1ccc(C[C@@H]2NC(=O)CC3(CCCCC3)SSC[C@H](C(=O)N3CCC[C@H]3C(=O)N[C@H](CCCN=C(N)N)C(N)=O)NC(=O)[C@@H](CC(N)=O)NC(=O)[C@H](C(C)C)NC(=O)[C@@H](Cc3ccccc3)NC2=O)cc1. The average molecular weight is 1080 g/mol. The molecule has 24 heteroatoms. The molecule has 9 amide bonds. The predicted molar refractivity (Wildman–Crippen MR) is 286 cm³/mol. The number of nitrogens with zero attached hydrogens (tertiary/aromatic N) is 2. The normalized spacial score (nSPS) is 23.6. The van der Waals surface area contributed by atoms with Gasteiger partial charge in [-0.1, -0.05) is 97.2 Å². The van der Waals surface area contributed by atoms with Crippen LogP contribution in [-0.2, 0) is 56.0 Å². The number of aliphatic imine (C=N–C) groups is 1. The molecular formula is C51H74N12O10S2. The summed E-state index contributed by atoms with van der Waals surface area (Å²) in [7, 11) is 2.63. The molecule has 1 spiro atoms. The summed E-state index contributed by atoms with van der Waals surface area (Å²) in [4.78, 5) is 131. The number of ether oxygens (including phenoxy) is 1. The van der Waals surface area contributed by atoms with E-state index in [0.29, 0.717) is 49.2 Å². The molecule has 0 aromatic heterocycles. The Kier molecular flexibility index (Phi) is 22.9. The highest BCUT2D eigenvalue weighted by Gasteiger charge is 2.42. The zero-order chi connectivity index (χ0) is 54.7. The summed E-state index contributed by atoms with van der Waals surface area (Å²) in [5.41, 5.74) is 23.5.